The Balaban J connectivity index is 1.87. The first-order valence-corrected chi connectivity index (χ1v) is 9.12. The predicted octanol–water partition coefficient (Wildman–Crippen LogP) is 2.92. The molecule has 1 N–H and O–H groups in total. The van der Waals surface area contributed by atoms with Crippen molar-refractivity contribution < 1.29 is 13.2 Å². The lowest BCUT2D eigenvalue weighted by molar-refractivity contribution is -0.128. The highest BCUT2D eigenvalue weighted by atomic mass is 32.2. The zero-order valence-corrected chi connectivity index (χ0v) is 13.8. The monoisotopic (exact) mass is 329 g/mol. The van der Waals surface area contributed by atoms with Crippen molar-refractivity contribution in [1.82, 2.24) is 4.72 Å². The van der Waals surface area contributed by atoms with Gasteiger partial charge in [0.25, 0.3) is 10.0 Å². The van der Waals surface area contributed by atoms with Crippen molar-refractivity contribution in [2.45, 2.75) is 36.5 Å². The number of hydrogen-bond donors (Lipinski definition) is 1. The topological polar surface area (TPSA) is 63.2 Å². The molecule has 0 spiro atoms. The van der Waals surface area contributed by atoms with E-state index in [0.29, 0.717) is 12.8 Å². The summed E-state index contributed by atoms with van der Waals surface area (Å²) in [5, 5.41) is 0. The Labute approximate surface area is 136 Å². The highest BCUT2D eigenvalue weighted by Crippen LogP contribution is 2.44. The molecule has 0 aliphatic heterocycles. The lowest BCUT2D eigenvalue weighted by Crippen LogP contribution is -2.50. The molecule has 2 aromatic carbocycles. The van der Waals surface area contributed by atoms with Crippen molar-refractivity contribution in [3.8, 4) is 0 Å². The van der Waals surface area contributed by atoms with Gasteiger partial charge in [0.05, 0.1) is 10.3 Å². The second-order valence-corrected chi connectivity index (χ2v) is 7.73. The number of amides is 1. The van der Waals surface area contributed by atoms with Crippen molar-refractivity contribution in [1.29, 1.82) is 0 Å². The molecule has 120 valence electrons. The molecule has 0 atom stereocenters. The van der Waals surface area contributed by atoms with Crippen LogP contribution in [0.25, 0.3) is 0 Å². The van der Waals surface area contributed by atoms with Crippen LogP contribution in [0.5, 0.6) is 0 Å². The van der Waals surface area contributed by atoms with Crippen LogP contribution in [0.4, 0.5) is 0 Å². The number of hydrogen-bond acceptors (Lipinski definition) is 3. The quantitative estimate of drug-likeness (QED) is 0.938. The molecule has 23 heavy (non-hydrogen) atoms. The summed E-state index contributed by atoms with van der Waals surface area (Å²) in [6.45, 7) is 1.88. The predicted molar refractivity (Wildman–Crippen MR) is 88.5 cm³/mol. The van der Waals surface area contributed by atoms with E-state index < -0.39 is 21.3 Å². The number of carbonyl (C=O) groups is 1. The number of aryl methyl sites for hydroxylation is 1. The zero-order chi connectivity index (χ0) is 16.5. The first-order chi connectivity index (χ1) is 10.9. The summed E-state index contributed by atoms with van der Waals surface area (Å²) in [6, 6.07) is 15.9. The molecule has 0 aromatic heterocycles. The molecule has 0 unspecified atom stereocenters. The Morgan fingerprint density at radius 3 is 2.13 bits per heavy atom. The SMILES string of the molecule is Cc1ccc(S(=O)(=O)NC(=O)C2(c3ccccc3)CCC2)cc1. The summed E-state index contributed by atoms with van der Waals surface area (Å²) in [7, 11) is -3.84. The van der Waals surface area contributed by atoms with E-state index in [-0.39, 0.29) is 4.90 Å². The number of carbonyl (C=O) groups excluding carboxylic acids is 1. The van der Waals surface area contributed by atoms with Crippen LogP contribution in [0.2, 0.25) is 0 Å². The van der Waals surface area contributed by atoms with Crippen molar-refractivity contribution >= 4 is 15.9 Å². The fourth-order valence-corrected chi connectivity index (χ4v) is 3.98. The van der Waals surface area contributed by atoms with Crippen molar-refractivity contribution in [2.24, 2.45) is 0 Å². The maximum atomic E-state index is 12.7. The minimum atomic E-state index is -3.84. The molecule has 1 amide bonds. The van der Waals surface area contributed by atoms with Gasteiger partial charge in [-0.05, 0) is 37.5 Å². The standard InChI is InChI=1S/C18H19NO3S/c1-14-8-10-16(11-9-14)23(21,22)19-17(20)18(12-5-13-18)15-6-3-2-4-7-15/h2-4,6-11H,5,12-13H2,1H3,(H,19,20). The van der Waals surface area contributed by atoms with E-state index >= 15 is 0 Å². The maximum absolute atomic E-state index is 12.7. The summed E-state index contributed by atoms with van der Waals surface area (Å²) in [5.74, 6) is -0.435. The summed E-state index contributed by atoms with van der Waals surface area (Å²) in [6.07, 6.45) is 2.27. The van der Waals surface area contributed by atoms with E-state index in [0.717, 1.165) is 17.5 Å². The minimum Gasteiger partial charge on any atom is -0.273 e. The summed E-state index contributed by atoms with van der Waals surface area (Å²) < 4.78 is 27.1. The smallest absolute Gasteiger partial charge is 0.264 e. The molecule has 1 fully saturated rings. The maximum Gasteiger partial charge on any atom is 0.264 e. The molecule has 0 bridgehead atoms. The Morgan fingerprint density at radius 1 is 1.00 bits per heavy atom. The van der Waals surface area contributed by atoms with Crippen molar-refractivity contribution in [2.75, 3.05) is 0 Å². The second kappa shape index (κ2) is 5.81. The third-order valence-electron chi connectivity index (χ3n) is 4.53. The van der Waals surface area contributed by atoms with Crippen LogP contribution in [-0.2, 0) is 20.2 Å². The van der Waals surface area contributed by atoms with Gasteiger partial charge in [0.2, 0.25) is 5.91 Å². The molecule has 0 radical (unpaired) electrons. The highest BCUT2D eigenvalue weighted by molar-refractivity contribution is 7.90. The fourth-order valence-electron chi connectivity index (χ4n) is 2.93. The average molecular weight is 329 g/mol. The summed E-state index contributed by atoms with van der Waals surface area (Å²) in [5.41, 5.74) is 1.12. The van der Waals surface area contributed by atoms with Gasteiger partial charge in [-0.2, -0.15) is 0 Å². The van der Waals surface area contributed by atoms with Gasteiger partial charge in [-0.3, -0.25) is 4.79 Å². The van der Waals surface area contributed by atoms with Gasteiger partial charge in [-0.1, -0.05) is 54.4 Å². The average Bonchev–Trinajstić information content (AvgIpc) is 2.47. The van der Waals surface area contributed by atoms with E-state index in [9.17, 15) is 13.2 Å². The van der Waals surface area contributed by atoms with Crippen LogP contribution in [0, 0.1) is 6.92 Å². The van der Waals surface area contributed by atoms with E-state index in [1.165, 1.54) is 12.1 Å². The minimum absolute atomic E-state index is 0.110. The number of benzene rings is 2. The third-order valence-corrected chi connectivity index (χ3v) is 5.87. The van der Waals surface area contributed by atoms with Crippen LogP contribution in [0.3, 0.4) is 0 Å². The molecular weight excluding hydrogens is 310 g/mol. The first-order valence-electron chi connectivity index (χ1n) is 7.63. The lowest BCUT2D eigenvalue weighted by Gasteiger charge is -2.40. The third kappa shape index (κ3) is 2.88. The van der Waals surface area contributed by atoms with E-state index in [1.807, 2.05) is 37.3 Å². The molecule has 1 saturated carbocycles. The molecule has 0 saturated heterocycles. The van der Waals surface area contributed by atoms with Gasteiger partial charge >= 0.3 is 0 Å². The second-order valence-electron chi connectivity index (χ2n) is 6.05. The van der Waals surface area contributed by atoms with Crippen LogP contribution in [0.1, 0.15) is 30.4 Å². The Morgan fingerprint density at radius 2 is 1.61 bits per heavy atom. The summed E-state index contributed by atoms with van der Waals surface area (Å²) in [4.78, 5) is 12.8. The molecule has 3 rings (SSSR count). The van der Waals surface area contributed by atoms with Gasteiger partial charge in [-0.15, -0.1) is 0 Å². The van der Waals surface area contributed by atoms with Gasteiger partial charge in [0.1, 0.15) is 0 Å². The summed E-state index contributed by atoms with van der Waals surface area (Å²) >= 11 is 0. The molecule has 1 aliphatic rings. The Kier molecular flexibility index (Phi) is 3.98. The van der Waals surface area contributed by atoms with Gasteiger partial charge in [-0.25, -0.2) is 13.1 Å². The molecular formula is C18H19NO3S. The molecule has 1 aliphatic carbocycles. The van der Waals surface area contributed by atoms with Crippen LogP contribution in [-0.4, -0.2) is 14.3 Å². The van der Waals surface area contributed by atoms with Crippen LogP contribution >= 0.6 is 0 Å². The number of rotatable bonds is 4. The Hall–Kier alpha value is -2.14. The molecule has 4 nitrogen and oxygen atoms in total. The fraction of sp³-hybridized carbons (Fsp3) is 0.278. The largest absolute Gasteiger partial charge is 0.273 e. The van der Waals surface area contributed by atoms with Crippen molar-refractivity contribution in [3.63, 3.8) is 0 Å². The van der Waals surface area contributed by atoms with Crippen molar-refractivity contribution in [3.05, 3.63) is 65.7 Å². The zero-order valence-electron chi connectivity index (χ0n) is 13.0. The van der Waals surface area contributed by atoms with Gasteiger partial charge in [0.15, 0.2) is 0 Å². The van der Waals surface area contributed by atoms with E-state index in [1.54, 1.807) is 12.1 Å². The lowest BCUT2D eigenvalue weighted by atomic mass is 9.64. The first kappa shape index (κ1) is 15.7. The molecule has 0 heterocycles. The van der Waals surface area contributed by atoms with Crippen LogP contribution in [0.15, 0.2) is 59.5 Å². The van der Waals surface area contributed by atoms with E-state index in [2.05, 4.69) is 4.72 Å². The van der Waals surface area contributed by atoms with E-state index in [4.69, 9.17) is 0 Å². The Bertz CT molecular complexity index is 807. The highest BCUT2D eigenvalue weighted by Gasteiger charge is 2.46. The molecule has 2 aromatic rings. The molecule has 5 heteroatoms. The normalized spacial score (nSPS) is 16.4. The van der Waals surface area contributed by atoms with Crippen LogP contribution < -0.4 is 4.72 Å². The number of sulfonamides is 1. The number of nitrogens with one attached hydrogen (secondary N) is 1. The van der Waals surface area contributed by atoms with Gasteiger partial charge < -0.3 is 0 Å². The van der Waals surface area contributed by atoms with Gasteiger partial charge in [0, 0.05) is 0 Å².